The van der Waals surface area contributed by atoms with Gasteiger partial charge in [0.25, 0.3) is 0 Å². The van der Waals surface area contributed by atoms with Crippen molar-refractivity contribution in [1.82, 2.24) is 5.32 Å². The van der Waals surface area contributed by atoms with Crippen molar-refractivity contribution in [3.63, 3.8) is 0 Å². The van der Waals surface area contributed by atoms with Crippen LogP contribution in [0.25, 0.3) is 0 Å². The molecule has 0 amide bonds. The maximum atomic E-state index is 3.63. The lowest BCUT2D eigenvalue weighted by Crippen LogP contribution is -2.18. The van der Waals surface area contributed by atoms with Crippen LogP contribution in [0.4, 0.5) is 0 Å². The van der Waals surface area contributed by atoms with E-state index in [0.717, 1.165) is 6.42 Å². The second-order valence-corrected chi connectivity index (χ2v) is 6.80. The maximum Gasteiger partial charge on any atom is 0.0358 e. The largest absolute Gasteiger partial charge is 0.313 e. The Bertz CT molecular complexity index is 587. The first-order valence-electron chi connectivity index (χ1n) is 7.53. The van der Waals surface area contributed by atoms with Gasteiger partial charge in [-0.2, -0.15) is 0 Å². The normalized spacial score (nSPS) is 12.7. The van der Waals surface area contributed by atoms with Crippen LogP contribution in [-0.4, -0.2) is 7.05 Å². The SMILES string of the molecule is CNC(Cc1ccc(C(C)C)cc1)c1ccc(C)c(Br)c1. The van der Waals surface area contributed by atoms with E-state index in [9.17, 15) is 0 Å². The standard InChI is InChI=1S/C19H24BrN/c1-13(2)16-9-6-15(7-10-16)11-19(21-4)17-8-5-14(3)18(20)12-17/h5-10,12-13,19,21H,11H2,1-4H3. The number of likely N-dealkylation sites (N-methyl/N-ethyl adjacent to an activating group) is 1. The van der Waals surface area contributed by atoms with Crippen molar-refractivity contribution in [1.29, 1.82) is 0 Å². The highest BCUT2D eigenvalue weighted by molar-refractivity contribution is 9.10. The molecule has 2 rings (SSSR count). The molecule has 1 unspecified atom stereocenters. The van der Waals surface area contributed by atoms with Crippen molar-refractivity contribution in [3.8, 4) is 0 Å². The van der Waals surface area contributed by atoms with Crippen LogP contribution >= 0.6 is 15.9 Å². The molecule has 2 heteroatoms. The van der Waals surface area contributed by atoms with Gasteiger partial charge < -0.3 is 5.32 Å². The molecular formula is C19H24BrN. The summed E-state index contributed by atoms with van der Waals surface area (Å²) in [7, 11) is 2.03. The molecule has 2 aromatic rings. The first kappa shape index (κ1) is 16.3. The molecular weight excluding hydrogens is 322 g/mol. The van der Waals surface area contributed by atoms with Crippen LogP contribution in [0.5, 0.6) is 0 Å². The molecule has 0 aliphatic rings. The minimum atomic E-state index is 0.340. The van der Waals surface area contributed by atoms with Crippen LogP contribution in [0.2, 0.25) is 0 Å². The number of hydrogen-bond acceptors (Lipinski definition) is 1. The number of benzene rings is 2. The summed E-state index contributed by atoms with van der Waals surface area (Å²) in [6.45, 7) is 6.58. The summed E-state index contributed by atoms with van der Waals surface area (Å²) in [6, 6.07) is 15.9. The lowest BCUT2D eigenvalue weighted by atomic mass is 9.96. The smallest absolute Gasteiger partial charge is 0.0358 e. The van der Waals surface area contributed by atoms with Crippen LogP contribution in [0.1, 0.15) is 48.1 Å². The van der Waals surface area contributed by atoms with E-state index in [1.165, 1.54) is 26.7 Å². The zero-order chi connectivity index (χ0) is 15.4. The molecule has 1 nitrogen and oxygen atoms in total. The van der Waals surface area contributed by atoms with Crippen molar-refractivity contribution in [2.45, 2.75) is 39.2 Å². The lowest BCUT2D eigenvalue weighted by molar-refractivity contribution is 0.591. The summed E-state index contributed by atoms with van der Waals surface area (Å²) in [5, 5.41) is 3.43. The van der Waals surface area contributed by atoms with Crippen LogP contribution in [-0.2, 0) is 6.42 Å². The van der Waals surface area contributed by atoms with Gasteiger partial charge in [0.05, 0.1) is 0 Å². The Morgan fingerprint density at radius 3 is 2.14 bits per heavy atom. The van der Waals surface area contributed by atoms with Crippen LogP contribution in [0.3, 0.4) is 0 Å². The summed E-state index contributed by atoms with van der Waals surface area (Å²) in [6.07, 6.45) is 1.00. The Hall–Kier alpha value is -1.12. The summed E-state index contributed by atoms with van der Waals surface area (Å²) in [4.78, 5) is 0. The fourth-order valence-corrected chi connectivity index (χ4v) is 2.88. The van der Waals surface area contributed by atoms with Crippen molar-refractivity contribution in [2.75, 3.05) is 7.05 Å². The summed E-state index contributed by atoms with van der Waals surface area (Å²) in [5.74, 6) is 0.590. The van der Waals surface area contributed by atoms with E-state index < -0.39 is 0 Å². The second kappa shape index (κ2) is 7.24. The molecule has 0 bridgehead atoms. The molecule has 0 aliphatic carbocycles. The van der Waals surface area contributed by atoms with Crippen LogP contribution in [0.15, 0.2) is 46.9 Å². The Labute approximate surface area is 136 Å². The van der Waals surface area contributed by atoms with E-state index in [2.05, 4.69) is 84.5 Å². The van der Waals surface area contributed by atoms with Gasteiger partial charge in [0, 0.05) is 10.5 Å². The molecule has 2 aromatic carbocycles. The number of rotatable bonds is 5. The van der Waals surface area contributed by atoms with Gasteiger partial charge in [-0.05, 0) is 54.6 Å². The zero-order valence-electron chi connectivity index (χ0n) is 13.3. The number of aryl methyl sites for hydroxylation is 1. The lowest BCUT2D eigenvalue weighted by Gasteiger charge is -2.18. The maximum absolute atomic E-state index is 3.63. The molecule has 1 N–H and O–H groups in total. The van der Waals surface area contributed by atoms with Gasteiger partial charge in [0.2, 0.25) is 0 Å². The van der Waals surface area contributed by atoms with E-state index in [-0.39, 0.29) is 0 Å². The Kier molecular flexibility index (Phi) is 5.60. The van der Waals surface area contributed by atoms with Crippen LogP contribution in [0, 0.1) is 6.92 Å². The van der Waals surface area contributed by atoms with E-state index in [0.29, 0.717) is 12.0 Å². The third-order valence-electron chi connectivity index (χ3n) is 4.03. The molecule has 0 heterocycles. The average Bonchev–Trinajstić information content (AvgIpc) is 2.48. The number of halogens is 1. The minimum absolute atomic E-state index is 0.340. The minimum Gasteiger partial charge on any atom is -0.313 e. The Balaban J connectivity index is 2.16. The van der Waals surface area contributed by atoms with Gasteiger partial charge in [-0.3, -0.25) is 0 Å². The van der Waals surface area contributed by atoms with Crippen molar-refractivity contribution >= 4 is 15.9 Å². The Morgan fingerprint density at radius 2 is 1.62 bits per heavy atom. The monoisotopic (exact) mass is 345 g/mol. The fourth-order valence-electron chi connectivity index (χ4n) is 2.49. The third-order valence-corrected chi connectivity index (χ3v) is 4.89. The van der Waals surface area contributed by atoms with E-state index in [1.807, 2.05) is 7.05 Å². The first-order valence-corrected chi connectivity index (χ1v) is 8.32. The average molecular weight is 346 g/mol. The molecule has 0 saturated carbocycles. The molecule has 1 atom stereocenters. The molecule has 112 valence electrons. The summed E-state index contributed by atoms with van der Waals surface area (Å²) in [5.41, 5.74) is 5.37. The molecule has 0 aromatic heterocycles. The van der Waals surface area contributed by atoms with Gasteiger partial charge in [-0.25, -0.2) is 0 Å². The summed E-state index contributed by atoms with van der Waals surface area (Å²) < 4.78 is 1.18. The van der Waals surface area contributed by atoms with Crippen molar-refractivity contribution in [2.24, 2.45) is 0 Å². The highest BCUT2D eigenvalue weighted by Gasteiger charge is 2.11. The quantitative estimate of drug-likeness (QED) is 0.766. The third kappa shape index (κ3) is 4.18. The molecule has 0 saturated heterocycles. The molecule has 0 fully saturated rings. The first-order chi connectivity index (χ1) is 10.0. The Morgan fingerprint density at radius 1 is 1.00 bits per heavy atom. The van der Waals surface area contributed by atoms with Gasteiger partial charge >= 0.3 is 0 Å². The van der Waals surface area contributed by atoms with Gasteiger partial charge in [-0.15, -0.1) is 0 Å². The van der Waals surface area contributed by atoms with Crippen molar-refractivity contribution in [3.05, 3.63) is 69.2 Å². The highest BCUT2D eigenvalue weighted by Crippen LogP contribution is 2.25. The predicted molar refractivity (Wildman–Crippen MR) is 94.9 cm³/mol. The molecule has 0 radical (unpaired) electrons. The van der Waals surface area contributed by atoms with E-state index >= 15 is 0 Å². The van der Waals surface area contributed by atoms with Gasteiger partial charge in [0.1, 0.15) is 0 Å². The van der Waals surface area contributed by atoms with Gasteiger partial charge in [0.15, 0.2) is 0 Å². The molecule has 21 heavy (non-hydrogen) atoms. The highest BCUT2D eigenvalue weighted by atomic mass is 79.9. The second-order valence-electron chi connectivity index (χ2n) is 5.95. The predicted octanol–water partition coefficient (Wildman–Crippen LogP) is 5.38. The fraction of sp³-hybridized carbons (Fsp3) is 0.368. The van der Waals surface area contributed by atoms with E-state index in [4.69, 9.17) is 0 Å². The molecule has 0 aliphatic heterocycles. The van der Waals surface area contributed by atoms with Crippen LogP contribution < -0.4 is 5.32 Å². The topological polar surface area (TPSA) is 12.0 Å². The van der Waals surface area contributed by atoms with E-state index in [1.54, 1.807) is 0 Å². The van der Waals surface area contributed by atoms with Crippen molar-refractivity contribution < 1.29 is 0 Å². The summed E-state index contributed by atoms with van der Waals surface area (Å²) >= 11 is 3.63. The number of hydrogen-bond donors (Lipinski definition) is 1. The zero-order valence-corrected chi connectivity index (χ0v) is 14.9. The number of nitrogens with one attached hydrogen (secondary N) is 1. The van der Waals surface area contributed by atoms with Gasteiger partial charge in [-0.1, -0.05) is 66.2 Å². The molecule has 0 spiro atoms.